The van der Waals surface area contributed by atoms with Crippen LogP contribution < -0.4 is 0 Å². The topological polar surface area (TPSA) is 87.0 Å². The third-order valence-electron chi connectivity index (χ3n) is 5.33. The molecule has 1 rings (SSSR count). The van der Waals surface area contributed by atoms with E-state index in [1.807, 2.05) is 32.1 Å². The van der Waals surface area contributed by atoms with Crippen molar-refractivity contribution in [3.8, 4) is 0 Å². The van der Waals surface area contributed by atoms with E-state index >= 15 is 0 Å². The summed E-state index contributed by atoms with van der Waals surface area (Å²) in [5, 5.41) is 29.4. The zero-order valence-corrected chi connectivity index (χ0v) is 17.8. The van der Waals surface area contributed by atoms with E-state index in [1.54, 1.807) is 0 Å². The van der Waals surface area contributed by atoms with E-state index in [0.717, 1.165) is 38.5 Å². The van der Waals surface area contributed by atoms with Crippen molar-refractivity contribution in [3.05, 3.63) is 24.3 Å². The average molecular weight is 397 g/mol. The van der Waals surface area contributed by atoms with Gasteiger partial charge in [-0.15, -0.1) is 0 Å². The summed E-state index contributed by atoms with van der Waals surface area (Å²) in [4.78, 5) is 10.6. The first kappa shape index (κ1) is 24.9. The highest BCUT2D eigenvalue weighted by Crippen LogP contribution is 2.38. The molecule has 1 aliphatic carbocycles. The first-order valence-corrected chi connectivity index (χ1v) is 10.9. The number of hydrogen-bond donors (Lipinski definition) is 3. The summed E-state index contributed by atoms with van der Waals surface area (Å²) in [7, 11) is 0. The quantitative estimate of drug-likeness (QED) is 0.298. The van der Waals surface area contributed by atoms with Crippen molar-refractivity contribution in [3.63, 3.8) is 0 Å². The first-order valence-electron chi connectivity index (χ1n) is 10.9. The SMILES string of the molecule is CCCCC[C@H](O)/C=C/[C@@H]1[C@@H](C/C=C\CCCC(=O)O)[C@@H](OC(C)C)C[C@H]1O. The zero-order chi connectivity index (χ0) is 20.9. The number of aliphatic hydroxyl groups is 2. The van der Waals surface area contributed by atoms with Crippen molar-refractivity contribution in [2.24, 2.45) is 11.8 Å². The number of unbranched alkanes of at least 4 members (excludes halogenated alkanes) is 3. The van der Waals surface area contributed by atoms with Gasteiger partial charge in [0.15, 0.2) is 0 Å². The van der Waals surface area contributed by atoms with E-state index in [-0.39, 0.29) is 30.5 Å². The summed E-state index contributed by atoms with van der Waals surface area (Å²) in [6.07, 6.45) is 14.1. The molecule has 0 aromatic carbocycles. The van der Waals surface area contributed by atoms with Gasteiger partial charge in [0.25, 0.3) is 0 Å². The molecule has 5 atom stereocenters. The maximum absolute atomic E-state index is 10.6. The fourth-order valence-electron chi connectivity index (χ4n) is 3.89. The molecule has 0 heterocycles. The molecule has 0 bridgehead atoms. The van der Waals surface area contributed by atoms with E-state index in [4.69, 9.17) is 9.84 Å². The van der Waals surface area contributed by atoms with Gasteiger partial charge in [0.05, 0.1) is 24.4 Å². The van der Waals surface area contributed by atoms with Crippen LogP contribution in [0.1, 0.15) is 78.6 Å². The van der Waals surface area contributed by atoms with Crippen LogP contribution in [0.3, 0.4) is 0 Å². The molecule has 1 aliphatic rings. The van der Waals surface area contributed by atoms with Crippen molar-refractivity contribution in [2.45, 2.75) is 103 Å². The molecule has 5 nitrogen and oxygen atoms in total. The molecule has 1 saturated carbocycles. The number of ether oxygens (including phenoxy) is 1. The molecule has 162 valence electrons. The maximum Gasteiger partial charge on any atom is 0.303 e. The predicted octanol–water partition coefficient (Wildman–Crippen LogP) is 4.48. The second-order valence-electron chi connectivity index (χ2n) is 8.21. The molecular weight excluding hydrogens is 356 g/mol. The van der Waals surface area contributed by atoms with Crippen LogP contribution in [0.5, 0.6) is 0 Å². The molecule has 0 unspecified atom stereocenters. The lowest BCUT2D eigenvalue weighted by Gasteiger charge is -2.24. The number of carbonyl (C=O) groups is 1. The van der Waals surface area contributed by atoms with Crippen molar-refractivity contribution in [2.75, 3.05) is 0 Å². The number of allylic oxidation sites excluding steroid dienone is 2. The van der Waals surface area contributed by atoms with Gasteiger partial charge in [0.2, 0.25) is 0 Å². The first-order chi connectivity index (χ1) is 13.3. The Kier molecular flexibility index (Phi) is 12.4. The zero-order valence-electron chi connectivity index (χ0n) is 17.8. The maximum atomic E-state index is 10.6. The smallest absolute Gasteiger partial charge is 0.303 e. The van der Waals surface area contributed by atoms with E-state index < -0.39 is 18.2 Å². The molecule has 1 fully saturated rings. The van der Waals surface area contributed by atoms with Crippen LogP contribution in [0, 0.1) is 11.8 Å². The Morgan fingerprint density at radius 3 is 2.61 bits per heavy atom. The number of rotatable bonds is 14. The van der Waals surface area contributed by atoms with Crippen molar-refractivity contribution < 1.29 is 24.9 Å². The number of hydrogen-bond acceptors (Lipinski definition) is 4. The summed E-state index contributed by atoms with van der Waals surface area (Å²) in [5.41, 5.74) is 0. The van der Waals surface area contributed by atoms with Gasteiger partial charge in [-0.25, -0.2) is 0 Å². The second kappa shape index (κ2) is 13.9. The van der Waals surface area contributed by atoms with Gasteiger partial charge < -0.3 is 20.1 Å². The Morgan fingerprint density at radius 1 is 1.21 bits per heavy atom. The van der Waals surface area contributed by atoms with E-state index in [1.165, 1.54) is 0 Å². The minimum absolute atomic E-state index is 0.00875. The lowest BCUT2D eigenvalue weighted by Crippen LogP contribution is -2.25. The summed E-state index contributed by atoms with van der Waals surface area (Å²) in [6.45, 7) is 6.16. The molecule has 0 aromatic rings. The highest BCUT2D eigenvalue weighted by atomic mass is 16.5. The number of carboxylic acids is 1. The fourth-order valence-corrected chi connectivity index (χ4v) is 3.89. The van der Waals surface area contributed by atoms with Crippen molar-refractivity contribution in [1.82, 2.24) is 0 Å². The molecule has 0 radical (unpaired) electrons. The minimum atomic E-state index is -0.764. The molecule has 0 spiro atoms. The number of aliphatic hydroxyl groups excluding tert-OH is 2. The normalized spacial score (nSPS) is 26.6. The van der Waals surface area contributed by atoms with E-state index in [9.17, 15) is 15.0 Å². The molecule has 3 N–H and O–H groups in total. The molecular formula is C23H40O5. The molecule has 0 aromatic heterocycles. The lowest BCUT2D eigenvalue weighted by molar-refractivity contribution is -0.137. The van der Waals surface area contributed by atoms with Crippen molar-refractivity contribution in [1.29, 1.82) is 0 Å². The van der Waals surface area contributed by atoms with Crippen LogP contribution in [0.2, 0.25) is 0 Å². The summed E-state index contributed by atoms with van der Waals surface area (Å²) in [5.74, 6) is -0.638. The molecule has 5 heteroatoms. The highest BCUT2D eigenvalue weighted by Gasteiger charge is 2.41. The van der Waals surface area contributed by atoms with Gasteiger partial charge in [0, 0.05) is 18.8 Å². The Morgan fingerprint density at radius 2 is 1.96 bits per heavy atom. The summed E-state index contributed by atoms with van der Waals surface area (Å²) in [6, 6.07) is 0. The lowest BCUT2D eigenvalue weighted by atomic mass is 9.89. The predicted molar refractivity (Wildman–Crippen MR) is 112 cm³/mol. The molecule has 0 amide bonds. The van der Waals surface area contributed by atoms with E-state index in [0.29, 0.717) is 12.8 Å². The monoisotopic (exact) mass is 396 g/mol. The van der Waals surface area contributed by atoms with Gasteiger partial charge in [0.1, 0.15) is 0 Å². The van der Waals surface area contributed by atoms with Crippen molar-refractivity contribution >= 4 is 5.97 Å². The Hall–Kier alpha value is -1.17. The third kappa shape index (κ3) is 9.85. The van der Waals surface area contributed by atoms with Gasteiger partial charge in [-0.3, -0.25) is 4.79 Å². The van der Waals surface area contributed by atoms with Crippen LogP contribution in [0.4, 0.5) is 0 Å². The second-order valence-corrected chi connectivity index (χ2v) is 8.21. The minimum Gasteiger partial charge on any atom is -0.481 e. The fraction of sp³-hybridized carbons (Fsp3) is 0.783. The highest BCUT2D eigenvalue weighted by molar-refractivity contribution is 5.66. The van der Waals surface area contributed by atoms with Crippen LogP contribution >= 0.6 is 0 Å². The van der Waals surface area contributed by atoms with Crippen LogP contribution in [0.25, 0.3) is 0 Å². The van der Waals surface area contributed by atoms with Gasteiger partial charge in [-0.1, -0.05) is 50.5 Å². The van der Waals surface area contributed by atoms with E-state index in [2.05, 4.69) is 13.0 Å². The largest absolute Gasteiger partial charge is 0.481 e. The Labute approximate surface area is 170 Å². The average Bonchev–Trinajstić information content (AvgIpc) is 2.90. The number of carboxylic acid groups (broad SMARTS) is 1. The van der Waals surface area contributed by atoms with Crippen LogP contribution in [-0.2, 0) is 9.53 Å². The van der Waals surface area contributed by atoms with Gasteiger partial charge in [-0.2, -0.15) is 0 Å². The molecule has 0 saturated heterocycles. The summed E-state index contributed by atoms with van der Waals surface area (Å²) < 4.78 is 6.05. The Bertz CT molecular complexity index is 485. The molecule has 28 heavy (non-hydrogen) atoms. The summed E-state index contributed by atoms with van der Waals surface area (Å²) >= 11 is 0. The molecule has 0 aliphatic heterocycles. The Balaban J connectivity index is 2.66. The number of aliphatic carboxylic acids is 1. The van der Waals surface area contributed by atoms with Crippen LogP contribution in [-0.4, -0.2) is 45.7 Å². The standard InChI is InChI=1S/C23H40O5/c1-4-5-8-11-18(24)14-15-19-20(12-9-6-7-10-13-23(26)27)22(16-21(19)25)28-17(2)3/h6,9,14-15,17-22,24-25H,4-5,7-8,10-13,16H2,1-3H3,(H,26,27)/b9-6-,15-14+/t18-,19+,20+,21+,22-/m0/s1. The van der Waals surface area contributed by atoms with Gasteiger partial charge in [-0.05, 0) is 45.4 Å². The third-order valence-corrected chi connectivity index (χ3v) is 5.33. The van der Waals surface area contributed by atoms with Crippen LogP contribution in [0.15, 0.2) is 24.3 Å². The van der Waals surface area contributed by atoms with Gasteiger partial charge >= 0.3 is 5.97 Å².